The van der Waals surface area contributed by atoms with E-state index in [0.717, 1.165) is 31.5 Å². The summed E-state index contributed by atoms with van der Waals surface area (Å²) in [4.78, 5) is 12.7. The second kappa shape index (κ2) is 12.5. The zero-order valence-electron chi connectivity index (χ0n) is 24.2. The van der Waals surface area contributed by atoms with Gasteiger partial charge in [-0.2, -0.15) is 0 Å². The van der Waals surface area contributed by atoms with Gasteiger partial charge in [0.15, 0.2) is 4.90 Å². The fourth-order valence-electron chi connectivity index (χ4n) is 5.53. The fourth-order valence-corrected chi connectivity index (χ4v) is 6.72. The van der Waals surface area contributed by atoms with Crippen molar-refractivity contribution in [2.75, 3.05) is 56.1 Å². The summed E-state index contributed by atoms with van der Waals surface area (Å²) >= 11 is 0. The third-order valence-corrected chi connectivity index (χ3v) is 9.35. The molecule has 2 aliphatic rings. The Morgan fingerprint density at radius 3 is 2.50 bits per heavy atom. The van der Waals surface area contributed by atoms with E-state index >= 15 is 4.39 Å². The molecule has 5 rings (SSSR count). The molecule has 2 N–H and O–H groups in total. The second-order valence-corrected chi connectivity index (χ2v) is 13.0. The Morgan fingerprint density at radius 2 is 1.83 bits per heavy atom. The van der Waals surface area contributed by atoms with Gasteiger partial charge in [0.1, 0.15) is 5.82 Å². The van der Waals surface area contributed by atoms with Gasteiger partial charge >= 0.3 is 0 Å². The number of sulfonamides is 1. The average molecular weight is 600 g/mol. The summed E-state index contributed by atoms with van der Waals surface area (Å²) in [5.74, 6) is -0.204. The maximum absolute atomic E-state index is 15.3. The van der Waals surface area contributed by atoms with Gasteiger partial charge in [-0.3, -0.25) is 14.6 Å². The molecule has 0 atom stereocenters. The highest BCUT2D eigenvalue weighted by atomic mass is 32.2. The van der Waals surface area contributed by atoms with Gasteiger partial charge in [0, 0.05) is 31.4 Å². The molecular weight excluding hydrogens is 561 g/mol. The molecule has 42 heavy (non-hydrogen) atoms. The number of nitrogens with one attached hydrogen (secondary N) is 1. The fraction of sp³-hybridized carbons (Fsp3) is 0.467. The van der Waals surface area contributed by atoms with Crippen molar-refractivity contribution in [2.45, 2.75) is 43.7 Å². The number of likely N-dealkylation sites (tertiary alicyclic amines) is 1. The second-order valence-electron chi connectivity index (χ2n) is 11.4. The van der Waals surface area contributed by atoms with Crippen LogP contribution in [-0.4, -0.2) is 80.5 Å². The van der Waals surface area contributed by atoms with E-state index in [-0.39, 0.29) is 27.9 Å². The predicted molar refractivity (Wildman–Crippen MR) is 159 cm³/mol. The number of halogens is 1. The highest BCUT2D eigenvalue weighted by molar-refractivity contribution is 7.92. The first-order valence-corrected chi connectivity index (χ1v) is 15.6. The van der Waals surface area contributed by atoms with Crippen molar-refractivity contribution in [3.05, 3.63) is 60.2 Å². The maximum Gasteiger partial charge on any atom is 0.267 e. The molecule has 0 amide bonds. The number of anilines is 2. The summed E-state index contributed by atoms with van der Waals surface area (Å²) in [6.45, 7) is 8.36. The first-order chi connectivity index (χ1) is 20.0. The minimum absolute atomic E-state index is 0.0280. The first-order valence-electron chi connectivity index (χ1n) is 14.1. The number of hydrogen-bond donors (Lipinski definition) is 2. The molecule has 0 saturated carbocycles. The SMILES string of the molecule is COc1ncc(N2CCOCC2)cc1S(=O)(=O)Nc1ccnc(-c2ccc(CN3CCC(C(C)(C)O)CC3)cc2F)c1. The number of rotatable bonds is 9. The number of aliphatic hydroxyl groups is 1. The molecule has 4 heterocycles. The van der Waals surface area contributed by atoms with Crippen LogP contribution in [0.2, 0.25) is 0 Å². The standard InChI is InChI=1S/C30H38FN5O5S/c1-30(2,37)22-7-10-35(11-8-22)20-21-4-5-25(26(31)16-21)27-17-23(6-9-32-27)34-42(38,39)28-18-24(19-33-29(28)40-3)36-12-14-41-15-13-36/h4-6,9,16-19,22,37H,7-8,10-15,20H2,1-3H3,(H,32,34). The zero-order chi connectivity index (χ0) is 29.9. The Bertz CT molecular complexity index is 1500. The van der Waals surface area contributed by atoms with Crippen LogP contribution in [0.25, 0.3) is 11.3 Å². The molecule has 10 nitrogen and oxygen atoms in total. The lowest BCUT2D eigenvalue weighted by Crippen LogP contribution is -2.41. The number of pyridine rings is 2. The number of hydrogen-bond acceptors (Lipinski definition) is 9. The van der Waals surface area contributed by atoms with E-state index in [1.807, 2.05) is 24.8 Å². The van der Waals surface area contributed by atoms with Crippen LogP contribution in [-0.2, 0) is 21.3 Å². The number of morpholine rings is 1. The molecule has 2 fully saturated rings. The van der Waals surface area contributed by atoms with Gasteiger partial charge in [-0.1, -0.05) is 6.07 Å². The van der Waals surface area contributed by atoms with Crippen LogP contribution < -0.4 is 14.4 Å². The van der Waals surface area contributed by atoms with Crippen LogP contribution >= 0.6 is 0 Å². The van der Waals surface area contributed by atoms with Crippen LogP contribution in [0, 0.1) is 11.7 Å². The molecule has 2 saturated heterocycles. The quantitative estimate of drug-likeness (QED) is 0.378. The van der Waals surface area contributed by atoms with Crippen LogP contribution in [0.5, 0.6) is 5.88 Å². The van der Waals surface area contributed by atoms with Crippen molar-refractivity contribution >= 4 is 21.4 Å². The topological polar surface area (TPSA) is 117 Å². The van der Waals surface area contributed by atoms with E-state index in [2.05, 4.69) is 19.6 Å². The van der Waals surface area contributed by atoms with Gasteiger partial charge < -0.3 is 19.5 Å². The van der Waals surface area contributed by atoms with Gasteiger partial charge in [0.2, 0.25) is 5.88 Å². The Kier molecular flexibility index (Phi) is 8.97. The molecule has 2 aliphatic heterocycles. The molecule has 1 aromatic carbocycles. The Hall–Kier alpha value is -3.32. The Balaban J connectivity index is 1.30. The lowest BCUT2D eigenvalue weighted by atomic mass is 9.83. The molecule has 0 unspecified atom stereocenters. The zero-order valence-corrected chi connectivity index (χ0v) is 25.0. The number of methoxy groups -OCH3 is 1. The van der Waals surface area contributed by atoms with Crippen molar-refractivity contribution in [1.82, 2.24) is 14.9 Å². The largest absolute Gasteiger partial charge is 0.480 e. The van der Waals surface area contributed by atoms with Gasteiger partial charge in [-0.05, 0) is 81.6 Å². The van der Waals surface area contributed by atoms with Crippen molar-refractivity contribution in [2.24, 2.45) is 5.92 Å². The summed E-state index contributed by atoms with van der Waals surface area (Å²) in [5.41, 5.74) is 1.61. The lowest BCUT2D eigenvalue weighted by molar-refractivity contribution is -0.0136. The van der Waals surface area contributed by atoms with Crippen LogP contribution in [0.3, 0.4) is 0 Å². The molecular formula is C30H38FN5O5S. The van der Waals surface area contributed by atoms with Crippen molar-refractivity contribution in [3.63, 3.8) is 0 Å². The minimum atomic E-state index is -4.10. The molecule has 2 aromatic heterocycles. The van der Waals surface area contributed by atoms with Crippen molar-refractivity contribution in [3.8, 4) is 17.1 Å². The molecule has 0 radical (unpaired) electrons. The van der Waals surface area contributed by atoms with E-state index < -0.39 is 21.4 Å². The van der Waals surface area contributed by atoms with Gasteiger partial charge in [0.05, 0.1) is 49.2 Å². The van der Waals surface area contributed by atoms with E-state index in [9.17, 15) is 13.5 Å². The maximum atomic E-state index is 15.3. The lowest BCUT2D eigenvalue weighted by Gasteiger charge is -2.37. The predicted octanol–water partition coefficient (Wildman–Crippen LogP) is 3.91. The molecule has 226 valence electrons. The average Bonchev–Trinajstić information content (AvgIpc) is 2.97. The number of piperidine rings is 1. The summed E-state index contributed by atoms with van der Waals surface area (Å²) in [7, 11) is -2.74. The first kappa shape index (κ1) is 30.1. The number of aromatic nitrogens is 2. The summed E-state index contributed by atoms with van der Waals surface area (Å²) in [6, 6.07) is 9.59. The van der Waals surface area contributed by atoms with Crippen molar-refractivity contribution in [1.29, 1.82) is 0 Å². The van der Waals surface area contributed by atoms with E-state index in [1.54, 1.807) is 12.3 Å². The number of nitrogens with zero attached hydrogens (tertiary/aromatic N) is 4. The number of ether oxygens (including phenoxy) is 2. The molecule has 0 bridgehead atoms. The Morgan fingerprint density at radius 1 is 1.10 bits per heavy atom. The molecule has 12 heteroatoms. The van der Waals surface area contributed by atoms with Crippen LogP contribution in [0.1, 0.15) is 32.3 Å². The minimum Gasteiger partial charge on any atom is -0.480 e. The van der Waals surface area contributed by atoms with Gasteiger partial charge in [-0.25, -0.2) is 17.8 Å². The van der Waals surface area contributed by atoms with Gasteiger partial charge in [-0.15, -0.1) is 0 Å². The monoisotopic (exact) mass is 599 g/mol. The smallest absolute Gasteiger partial charge is 0.267 e. The van der Waals surface area contributed by atoms with Crippen molar-refractivity contribution < 1.29 is 27.4 Å². The van der Waals surface area contributed by atoms with Crippen LogP contribution in [0.4, 0.5) is 15.8 Å². The van der Waals surface area contributed by atoms with Crippen LogP contribution in [0.15, 0.2) is 53.7 Å². The molecule has 0 spiro atoms. The van der Waals surface area contributed by atoms with Gasteiger partial charge in [0.25, 0.3) is 10.0 Å². The third kappa shape index (κ3) is 7.00. The number of benzene rings is 1. The normalized spacial score (nSPS) is 17.3. The third-order valence-electron chi connectivity index (χ3n) is 7.98. The molecule has 0 aliphatic carbocycles. The summed E-state index contributed by atoms with van der Waals surface area (Å²) in [5, 5.41) is 10.3. The van der Waals surface area contributed by atoms with E-state index in [4.69, 9.17) is 9.47 Å². The Labute approximate surface area is 246 Å². The summed E-state index contributed by atoms with van der Waals surface area (Å²) in [6.07, 6.45) is 4.82. The summed E-state index contributed by atoms with van der Waals surface area (Å²) < 4.78 is 55.4. The highest BCUT2D eigenvalue weighted by Crippen LogP contribution is 2.31. The molecule has 3 aromatic rings. The van der Waals surface area contributed by atoms with E-state index in [0.29, 0.717) is 44.2 Å². The van der Waals surface area contributed by atoms with E-state index in [1.165, 1.54) is 37.6 Å². The highest BCUT2D eigenvalue weighted by Gasteiger charge is 2.30.